The van der Waals surface area contributed by atoms with Crippen molar-refractivity contribution in [1.82, 2.24) is 29.6 Å². The van der Waals surface area contributed by atoms with Gasteiger partial charge in [0.05, 0.1) is 11.1 Å². The fourth-order valence-corrected chi connectivity index (χ4v) is 4.21. The maximum Gasteiger partial charge on any atom is 0.416 e. The molecule has 1 fully saturated rings. The third-order valence-corrected chi connectivity index (χ3v) is 6.38. The minimum atomic E-state index is -4.60. The maximum atomic E-state index is 14.4. The number of nitrogens with one attached hydrogen (secondary N) is 1. The van der Waals surface area contributed by atoms with E-state index in [1.165, 1.54) is 35.0 Å². The first-order valence-electron chi connectivity index (χ1n) is 12.1. The topological polar surface area (TPSA) is 78.7 Å². The average molecular weight is 538 g/mol. The van der Waals surface area contributed by atoms with Crippen LogP contribution in [0, 0.1) is 17.7 Å². The molecule has 0 saturated carbocycles. The van der Waals surface area contributed by atoms with Crippen molar-refractivity contribution >= 4 is 17.2 Å². The molecule has 4 aromatic rings. The summed E-state index contributed by atoms with van der Waals surface area (Å²) in [5.41, 5.74) is -0.289. The number of fused-ring (bicyclic) bond motifs is 1. The van der Waals surface area contributed by atoms with Gasteiger partial charge in [-0.15, -0.1) is 10.2 Å². The normalized spacial score (nSPS) is 14.7. The molecule has 200 valence electrons. The van der Waals surface area contributed by atoms with Crippen molar-refractivity contribution in [1.29, 1.82) is 0 Å². The van der Waals surface area contributed by atoms with Gasteiger partial charge in [-0.1, -0.05) is 12.0 Å². The summed E-state index contributed by atoms with van der Waals surface area (Å²) >= 11 is 0. The molecule has 0 bridgehead atoms. The highest BCUT2D eigenvalue weighted by atomic mass is 19.4. The van der Waals surface area contributed by atoms with Gasteiger partial charge in [0.25, 0.3) is 5.91 Å². The Hall–Kier alpha value is -4.34. The number of carbonyl (C=O) groups excluding carboxylic acids is 1. The van der Waals surface area contributed by atoms with Gasteiger partial charge in [-0.3, -0.25) is 9.69 Å². The highest BCUT2D eigenvalue weighted by Crippen LogP contribution is 2.34. The minimum absolute atomic E-state index is 0.0209. The summed E-state index contributed by atoms with van der Waals surface area (Å²) in [5.74, 6) is 4.10. The smallest absolute Gasteiger partial charge is 0.322 e. The van der Waals surface area contributed by atoms with E-state index >= 15 is 0 Å². The van der Waals surface area contributed by atoms with Crippen LogP contribution < -0.4 is 5.32 Å². The second kappa shape index (κ2) is 10.8. The van der Waals surface area contributed by atoms with Crippen LogP contribution in [0.1, 0.15) is 32.9 Å². The number of piperazine rings is 1. The molecule has 0 radical (unpaired) electrons. The Morgan fingerprint density at radius 1 is 1.03 bits per heavy atom. The number of rotatable bonds is 4. The van der Waals surface area contributed by atoms with Crippen LogP contribution in [0.15, 0.2) is 54.7 Å². The largest absolute Gasteiger partial charge is 0.416 e. The number of anilines is 1. The van der Waals surface area contributed by atoms with Crippen molar-refractivity contribution in [3.63, 3.8) is 0 Å². The van der Waals surface area contributed by atoms with Gasteiger partial charge in [-0.25, -0.2) is 4.39 Å². The van der Waals surface area contributed by atoms with E-state index in [4.69, 9.17) is 0 Å². The SMILES string of the molecule is CN1CCN(Cc2ccc(NC(=O)c3ccc(F)c(C#Cc4nnc5cccnn45)c3)cc2C(F)(F)F)CC1. The molecule has 8 nitrogen and oxygen atoms in total. The van der Waals surface area contributed by atoms with Gasteiger partial charge in [0.15, 0.2) is 5.65 Å². The number of nitrogens with zero attached hydrogens (tertiary/aromatic N) is 6. The highest BCUT2D eigenvalue weighted by Gasteiger charge is 2.34. The van der Waals surface area contributed by atoms with Crippen LogP contribution in [0.2, 0.25) is 0 Å². The van der Waals surface area contributed by atoms with Gasteiger partial charge in [-0.05, 0) is 61.0 Å². The predicted octanol–water partition coefficient (Wildman–Crippen LogP) is 3.68. The molecule has 1 N–H and O–H groups in total. The van der Waals surface area contributed by atoms with Gasteiger partial charge >= 0.3 is 6.18 Å². The molecule has 0 spiro atoms. The van der Waals surface area contributed by atoms with Crippen LogP contribution in [0.3, 0.4) is 0 Å². The monoisotopic (exact) mass is 537 g/mol. The number of halogens is 4. The number of amides is 1. The molecule has 2 aromatic carbocycles. The summed E-state index contributed by atoms with van der Waals surface area (Å²) in [4.78, 5) is 17.0. The molecule has 0 unspecified atom stereocenters. The Labute approximate surface area is 221 Å². The average Bonchev–Trinajstić information content (AvgIpc) is 3.33. The molecule has 1 amide bonds. The lowest BCUT2D eigenvalue weighted by Gasteiger charge is -2.33. The predicted molar refractivity (Wildman–Crippen MR) is 135 cm³/mol. The third-order valence-electron chi connectivity index (χ3n) is 6.38. The number of likely N-dealkylation sites (N-methyl/N-ethyl adjacent to an activating group) is 1. The number of aromatic nitrogens is 4. The number of hydrogen-bond acceptors (Lipinski definition) is 6. The molecule has 0 aliphatic carbocycles. The Kier molecular flexibility index (Phi) is 7.28. The number of hydrogen-bond donors (Lipinski definition) is 1. The lowest BCUT2D eigenvalue weighted by Crippen LogP contribution is -2.44. The molecule has 3 heterocycles. The van der Waals surface area contributed by atoms with E-state index in [9.17, 15) is 22.4 Å². The van der Waals surface area contributed by atoms with Crippen molar-refractivity contribution in [2.75, 3.05) is 38.5 Å². The Bertz CT molecular complexity index is 1580. The van der Waals surface area contributed by atoms with Gasteiger partial charge in [-0.2, -0.15) is 22.8 Å². The molecular formula is C27H23F4N7O. The summed E-state index contributed by atoms with van der Waals surface area (Å²) < 4.78 is 57.5. The summed E-state index contributed by atoms with van der Waals surface area (Å²) in [6, 6.07) is 10.6. The number of carbonyl (C=O) groups is 1. The second-order valence-corrected chi connectivity index (χ2v) is 9.17. The van der Waals surface area contributed by atoms with Gasteiger partial charge < -0.3 is 10.2 Å². The Morgan fingerprint density at radius 3 is 2.59 bits per heavy atom. The van der Waals surface area contributed by atoms with Crippen molar-refractivity contribution in [2.45, 2.75) is 12.7 Å². The molecule has 39 heavy (non-hydrogen) atoms. The van der Waals surface area contributed by atoms with E-state index in [1.54, 1.807) is 12.1 Å². The first kappa shape index (κ1) is 26.3. The van der Waals surface area contributed by atoms with Crippen LogP contribution in [-0.4, -0.2) is 68.7 Å². The fraction of sp³-hybridized carbons (Fsp3) is 0.259. The zero-order chi connectivity index (χ0) is 27.6. The summed E-state index contributed by atoms with van der Waals surface area (Å²) in [6.45, 7) is 3.07. The van der Waals surface area contributed by atoms with Gasteiger partial charge in [0, 0.05) is 50.2 Å². The molecule has 12 heteroatoms. The molecule has 5 rings (SSSR count). The fourth-order valence-electron chi connectivity index (χ4n) is 4.21. The van der Waals surface area contributed by atoms with Crippen molar-refractivity contribution in [3.05, 3.63) is 88.6 Å². The first-order valence-corrected chi connectivity index (χ1v) is 12.1. The lowest BCUT2D eigenvalue weighted by atomic mass is 10.0. The molecule has 1 aliphatic heterocycles. The van der Waals surface area contributed by atoms with E-state index < -0.39 is 23.5 Å². The molecular weight excluding hydrogens is 514 g/mol. The van der Waals surface area contributed by atoms with Crippen LogP contribution in [0.25, 0.3) is 5.65 Å². The highest BCUT2D eigenvalue weighted by molar-refractivity contribution is 6.04. The maximum absolute atomic E-state index is 14.4. The van der Waals surface area contributed by atoms with Crippen molar-refractivity contribution in [3.8, 4) is 11.8 Å². The minimum Gasteiger partial charge on any atom is -0.322 e. The third kappa shape index (κ3) is 6.05. The summed E-state index contributed by atoms with van der Waals surface area (Å²) in [7, 11) is 1.98. The Balaban J connectivity index is 1.35. The van der Waals surface area contributed by atoms with Crippen LogP contribution in [-0.2, 0) is 12.7 Å². The van der Waals surface area contributed by atoms with Crippen LogP contribution in [0.5, 0.6) is 0 Å². The lowest BCUT2D eigenvalue weighted by molar-refractivity contribution is -0.138. The zero-order valence-electron chi connectivity index (χ0n) is 20.8. The number of alkyl halides is 3. The van der Waals surface area contributed by atoms with Crippen molar-refractivity contribution in [2.24, 2.45) is 0 Å². The number of benzene rings is 2. The zero-order valence-corrected chi connectivity index (χ0v) is 20.8. The van der Waals surface area contributed by atoms with Crippen molar-refractivity contribution < 1.29 is 22.4 Å². The molecule has 2 aromatic heterocycles. The van der Waals surface area contributed by atoms with E-state index in [0.717, 1.165) is 25.2 Å². The summed E-state index contributed by atoms with van der Waals surface area (Å²) in [6.07, 6.45) is -3.07. The quantitative estimate of drug-likeness (QED) is 0.316. The van der Waals surface area contributed by atoms with Gasteiger partial charge in [0.2, 0.25) is 5.82 Å². The van der Waals surface area contributed by atoms with Crippen LogP contribution in [0.4, 0.5) is 23.2 Å². The molecule has 0 atom stereocenters. The standard InChI is InChI=1S/C27H23F4N7O/c1-36-11-13-37(14-12-36)17-20-4-7-21(16-22(20)27(29,30)31)33-26(39)19-5-8-23(28)18(15-19)6-9-25-35-34-24-3-2-10-32-38(24)25/h2-5,7-8,10,15-16H,11-14,17H2,1H3,(H,33,39). The van der Waals surface area contributed by atoms with E-state index in [2.05, 4.69) is 37.4 Å². The second-order valence-electron chi connectivity index (χ2n) is 9.17. The van der Waals surface area contributed by atoms with Crippen LogP contribution >= 0.6 is 0 Å². The first-order chi connectivity index (χ1) is 18.7. The summed E-state index contributed by atoms with van der Waals surface area (Å²) in [5, 5.41) is 14.4. The molecule has 1 aliphatic rings. The van der Waals surface area contributed by atoms with E-state index in [0.29, 0.717) is 18.7 Å². The van der Waals surface area contributed by atoms with Gasteiger partial charge in [0.1, 0.15) is 5.82 Å². The van der Waals surface area contributed by atoms with E-state index in [-0.39, 0.29) is 34.7 Å². The van der Waals surface area contributed by atoms with E-state index in [1.807, 2.05) is 11.9 Å². The molecule has 1 saturated heterocycles. The Morgan fingerprint density at radius 2 is 1.82 bits per heavy atom.